The van der Waals surface area contributed by atoms with Crippen molar-refractivity contribution in [2.45, 2.75) is 26.7 Å². The third-order valence-electron chi connectivity index (χ3n) is 6.54. The topological polar surface area (TPSA) is 101 Å². The maximum atomic E-state index is 12.8. The Hall–Kier alpha value is -4.85. The van der Waals surface area contributed by atoms with Gasteiger partial charge in [-0.15, -0.1) is 0 Å². The molecule has 4 heterocycles. The number of carbonyl (C=O) groups is 1. The minimum absolute atomic E-state index is 0.0596. The molecule has 0 saturated heterocycles. The Morgan fingerprint density at radius 3 is 2.62 bits per heavy atom. The molecule has 4 aromatic heterocycles. The number of hydrogen-bond donors (Lipinski definition) is 2. The summed E-state index contributed by atoms with van der Waals surface area (Å²) < 4.78 is 1.87. The second-order valence-corrected chi connectivity index (χ2v) is 9.03. The van der Waals surface area contributed by atoms with Crippen molar-refractivity contribution in [3.05, 3.63) is 96.1 Å². The van der Waals surface area contributed by atoms with Gasteiger partial charge >= 0.3 is 0 Å². The normalized spacial score (nSPS) is 11.3. The number of benzene rings is 2. The number of aromatic nitrogens is 6. The molecular formula is C29H25N7O. The second kappa shape index (κ2) is 9.31. The van der Waals surface area contributed by atoms with Crippen LogP contribution in [0.4, 0.5) is 5.69 Å². The maximum absolute atomic E-state index is 12.8. The van der Waals surface area contributed by atoms with Gasteiger partial charge in [0, 0.05) is 53.1 Å². The van der Waals surface area contributed by atoms with Crippen molar-refractivity contribution >= 4 is 28.3 Å². The number of nitrogens with one attached hydrogen (secondary N) is 2. The van der Waals surface area contributed by atoms with Gasteiger partial charge in [0.15, 0.2) is 5.65 Å². The fourth-order valence-electron chi connectivity index (χ4n) is 4.63. The molecule has 0 aliphatic heterocycles. The van der Waals surface area contributed by atoms with Gasteiger partial charge in [-0.05, 0) is 56.2 Å². The highest BCUT2D eigenvalue weighted by molar-refractivity contribution is 5.93. The van der Waals surface area contributed by atoms with Crippen LogP contribution in [0, 0.1) is 13.8 Å². The molecule has 6 rings (SSSR count). The number of anilines is 1. The molecular weight excluding hydrogens is 462 g/mol. The zero-order valence-corrected chi connectivity index (χ0v) is 20.6. The minimum Gasteiger partial charge on any atom is -0.338 e. The first kappa shape index (κ1) is 22.6. The lowest BCUT2D eigenvalue weighted by Crippen LogP contribution is -2.14. The molecule has 0 saturated carbocycles. The smallest absolute Gasteiger partial charge is 0.224 e. The molecule has 0 radical (unpaired) electrons. The molecule has 2 aromatic carbocycles. The van der Waals surface area contributed by atoms with E-state index in [1.54, 1.807) is 12.4 Å². The van der Waals surface area contributed by atoms with Crippen LogP contribution in [0.15, 0.2) is 79.1 Å². The molecule has 8 heteroatoms. The van der Waals surface area contributed by atoms with Gasteiger partial charge in [-0.25, -0.2) is 14.5 Å². The van der Waals surface area contributed by atoms with E-state index in [9.17, 15) is 4.79 Å². The third-order valence-corrected chi connectivity index (χ3v) is 6.54. The van der Waals surface area contributed by atoms with Gasteiger partial charge in [0.05, 0.1) is 16.7 Å². The van der Waals surface area contributed by atoms with E-state index in [4.69, 9.17) is 10.1 Å². The van der Waals surface area contributed by atoms with E-state index in [2.05, 4.69) is 20.3 Å². The molecule has 0 fully saturated rings. The molecule has 182 valence electrons. The van der Waals surface area contributed by atoms with E-state index >= 15 is 0 Å². The molecule has 0 aliphatic rings. The number of imidazole rings is 1. The lowest BCUT2D eigenvalue weighted by molar-refractivity contribution is -0.116. The van der Waals surface area contributed by atoms with Crippen LogP contribution in [0.1, 0.15) is 23.4 Å². The Morgan fingerprint density at radius 1 is 0.973 bits per heavy atom. The molecule has 0 unspecified atom stereocenters. The monoisotopic (exact) mass is 487 g/mol. The summed E-state index contributed by atoms with van der Waals surface area (Å²) in [7, 11) is 0. The SMILES string of the molecule is Cc1nc2cc(-c3ccccc3)nn2c(C)c1CCC(=O)Nc1ccc2nc(-c3cccnc3)[nH]c2c1. The standard InChI is InChI=1S/C29H25N7O/c1-18-23(19(2)36-27(31-18)16-25(35-36)20-7-4-3-5-8-20)11-13-28(37)32-22-10-12-24-26(15-22)34-29(33-24)21-9-6-14-30-17-21/h3-10,12,14-17H,11,13H2,1-2H3,(H,32,37)(H,33,34). The van der Waals surface area contributed by atoms with Crippen LogP contribution >= 0.6 is 0 Å². The number of H-pyrrole nitrogens is 1. The molecule has 37 heavy (non-hydrogen) atoms. The number of aryl methyl sites for hydroxylation is 2. The summed E-state index contributed by atoms with van der Waals surface area (Å²) in [5.74, 6) is 0.685. The summed E-state index contributed by atoms with van der Waals surface area (Å²) in [4.78, 5) is 29.7. The molecule has 0 atom stereocenters. The Labute approximate surface area is 213 Å². The Kier molecular flexibility index (Phi) is 5.69. The average molecular weight is 488 g/mol. The Morgan fingerprint density at radius 2 is 1.81 bits per heavy atom. The summed E-state index contributed by atoms with van der Waals surface area (Å²) in [5.41, 5.74) is 9.00. The number of amides is 1. The van der Waals surface area contributed by atoms with Crippen molar-refractivity contribution in [3.63, 3.8) is 0 Å². The zero-order chi connectivity index (χ0) is 25.4. The Balaban J connectivity index is 1.18. The van der Waals surface area contributed by atoms with Crippen molar-refractivity contribution in [3.8, 4) is 22.6 Å². The van der Waals surface area contributed by atoms with Gasteiger partial charge in [0.2, 0.25) is 5.91 Å². The highest BCUT2D eigenvalue weighted by Crippen LogP contribution is 2.24. The largest absolute Gasteiger partial charge is 0.338 e. The van der Waals surface area contributed by atoms with Gasteiger partial charge in [-0.3, -0.25) is 9.78 Å². The van der Waals surface area contributed by atoms with Crippen molar-refractivity contribution < 1.29 is 4.79 Å². The number of hydrogen-bond acceptors (Lipinski definition) is 5. The van der Waals surface area contributed by atoms with Crippen LogP contribution in [-0.2, 0) is 11.2 Å². The van der Waals surface area contributed by atoms with E-state index < -0.39 is 0 Å². The molecule has 0 bridgehead atoms. The van der Waals surface area contributed by atoms with E-state index in [1.165, 1.54) is 0 Å². The summed E-state index contributed by atoms with van der Waals surface area (Å²) >= 11 is 0. The second-order valence-electron chi connectivity index (χ2n) is 9.03. The number of nitrogens with zero attached hydrogens (tertiary/aromatic N) is 5. The zero-order valence-electron chi connectivity index (χ0n) is 20.6. The summed E-state index contributed by atoms with van der Waals surface area (Å²) in [5, 5.41) is 7.79. The Bertz CT molecular complexity index is 1740. The lowest BCUT2D eigenvalue weighted by Gasteiger charge is -2.11. The quantitative estimate of drug-likeness (QED) is 0.322. The van der Waals surface area contributed by atoms with E-state index in [0.29, 0.717) is 12.8 Å². The highest BCUT2D eigenvalue weighted by Gasteiger charge is 2.15. The molecule has 2 N–H and O–H groups in total. The lowest BCUT2D eigenvalue weighted by atomic mass is 10.1. The van der Waals surface area contributed by atoms with Crippen LogP contribution in [0.2, 0.25) is 0 Å². The third kappa shape index (κ3) is 4.45. The van der Waals surface area contributed by atoms with E-state index in [1.807, 2.05) is 85.1 Å². The molecule has 8 nitrogen and oxygen atoms in total. The van der Waals surface area contributed by atoms with E-state index in [-0.39, 0.29) is 5.91 Å². The average Bonchev–Trinajstić information content (AvgIpc) is 3.54. The molecule has 6 aromatic rings. The number of carbonyl (C=O) groups excluding carboxylic acids is 1. The predicted octanol–water partition coefficient (Wildman–Crippen LogP) is 5.52. The van der Waals surface area contributed by atoms with Gasteiger partial charge in [-0.2, -0.15) is 5.10 Å². The fourth-order valence-corrected chi connectivity index (χ4v) is 4.63. The number of aromatic amines is 1. The first-order chi connectivity index (χ1) is 18.0. The number of pyridine rings is 1. The summed E-state index contributed by atoms with van der Waals surface area (Å²) in [6.07, 6.45) is 4.41. The fraction of sp³-hybridized carbons (Fsp3) is 0.138. The first-order valence-corrected chi connectivity index (χ1v) is 12.2. The van der Waals surface area contributed by atoms with Gasteiger partial charge < -0.3 is 10.3 Å². The van der Waals surface area contributed by atoms with Crippen LogP contribution in [0.3, 0.4) is 0 Å². The number of rotatable bonds is 6. The van der Waals surface area contributed by atoms with Crippen molar-refractivity contribution in [1.29, 1.82) is 0 Å². The van der Waals surface area contributed by atoms with Crippen molar-refractivity contribution in [2.75, 3.05) is 5.32 Å². The van der Waals surface area contributed by atoms with Crippen molar-refractivity contribution in [2.24, 2.45) is 0 Å². The van der Waals surface area contributed by atoms with Crippen LogP contribution in [0.25, 0.3) is 39.3 Å². The minimum atomic E-state index is -0.0596. The molecule has 0 spiro atoms. The van der Waals surface area contributed by atoms with Crippen molar-refractivity contribution in [1.82, 2.24) is 29.5 Å². The molecule has 1 amide bonds. The highest BCUT2D eigenvalue weighted by atomic mass is 16.1. The van der Waals surface area contributed by atoms with Gasteiger partial charge in [0.1, 0.15) is 5.82 Å². The molecule has 0 aliphatic carbocycles. The predicted molar refractivity (Wildman–Crippen MR) is 144 cm³/mol. The first-order valence-electron chi connectivity index (χ1n) is 12.2. The van der Waals surface area contributed by atoms with Crippen LogP contribution < -0.4 is 5.32 Å². The van der Waals surface area contributed by atoms with Gasteiger partial charge in [0.25, 0.3) is 0 Å². The summed E-state index contributed by atoms with van der Waals surface area (Å²) in [6.45, 7) is 4.02. The van der Waals surface area contributed by atoms with Crippen LogP contribution in [0.5, 0.6) is 0 Å². The van der Waals surface area contributed by atoms with Gasteiger partial charge in [-0.1, -0.05) is 30.3 Å². The summed E-state index contributed by atoms with van der Waals surface area (Å²) in [6, 6.07) is 21.6. The maximum Gasteiger partial charge on any atom is 0.224 e. The van der Waals surface area contributed by atoms with Crippen LogP contribution in [-0.4, -0.2) is 35.5 Å². The van der Waals surface area contributed by atoms with E-state index in [0.717, 1.165) is 62.0 Å². The number of fused-ring (bicyclic) bond motifs is 2.